The van der Waals surface area contributed by atoms with Gasteiger partial charge in [-0.25, -0.2) is 0 Å². The SMILES string of the molecule is CCC(=O)Nc1nnc(S(=O)(=O)Nc2ccccc2C(=O)NC[C@@H]2CCCO2)s1. The van der Waals surface area contributed by atoms with Crippen LogP contribution in [0.15, 0.2) is 28.6 Å². The molecule has 1 saturated heterocycles. The van der Waals surface area contributed by atoms with Gasteiger partial charge >= 0.3 is 0 Å². The fourth-order valence-electron chi connectivity index (χ4n) is 2.64. The number of carbonyl (C=O) groups is 2. The van der Waals surface area contributed by atoms with E-state index in [-0.39, 0.29) is 39.2 Å². The van der Waals surface area contributed by atoms with Gasteiger partial charge in [0.15, 0.2) is 0 Å². The van der Waals surface area contributed by atoms with E-state index in [4.69, 9.17) is 4.74 Å². The fourth-order valence-corrected chi connectivity index (χ4v) is 4.64. The van der Waals surface area contributed by atoms with Crippen LogP contribution in [0.4, 0.5) is 10.8 Å². The summed E-state index contributed by atoms with van der Waals surface area (Å²) in [6, 6.07) is 6.26. The lowest BCUT2D eigenvalue weighted by Crippen LogP contribution is -2.32. The van der Waals surface area contributed by atoms with E-state index < -0.39 is 15.9 Å². The summed E-state index contributed by atoms with van der Waals surface area (Å²) in [5, 5.41) is 12.6. The normalized spacial score (nSPS) is 16.4. The van der Waals surface area contributed by atoms with Gasteiger partial charge in [0.1, 0.15) is 0 Å². The third-order valence-corrected chi connectivity index (χ3v) is 6.71. The van der Waals surface area contributed by atoms with Crippen LogP contribution in [-0.2, 0) is 19.6 Å². The Balaban J connectivity index is 1.72. The number of sulfonamides is 1. The van der Waals surface area contributed by atoms with Crippen LogP contribution < -0.4 is 15.4 Å². The molecule has 29 heavy (non-hydrogen) atoms. The summed E-state index contributed by atoms with van der Waals surface area (Å²) >= 11 is 0.722. The van der Waals surface area contributed by atoms with E-state index in [2.05, 4.69) is 25.6 Å². The topological polar surface area (TPSA) is 139 Å². The predicted octanol–water partition coefficient (Wildman–Crippen LogP) is 1.60. The lowest BCUT2D eigenvalue weighted by atomic mass is 10.1. The summed E-state index contributed by atoms with van der Waals surface area (Å²) in [7, 11) is -4.08. The number of hydrogen-bond donors (Lipinski definition) is 3. The zero-order valence-corrected chi connectivity index (χ0v) is 17.3. The van der Waals surface area contributed by atoms with E-state index in [1.807, 2.05) is 0 Å². The molecule has 0 radical (unpaired) electrons. The number of para-hydroxylation sites is 1. The van der Waals surface area contributed by atoms with Crippen LogP contribution >= 0.6 is 11.3 Å². The first kappa shape index (κ1) is 21.1. The van der Waals surface area contributed by atoms with Crippen molar-refractivity contribution in [3.05, 3.63) is 29.8 Å². The number of carbonyl (C=O) groups excluding carboxylic acids is 2. The minimum absolute atomic E-state index is 0.0269. The van der Waals surface area contributed by atoms with Crippen molar-refractivity contribution in [3.8, 4) is 0 Å². The summed E-state index contributed by atoms with van der Waals surface area (Å²) in [6.45, 7) is 2.70. The second-order valence-corrected chi connectivity index (χ2v) is 9.10. The number of ether oxygens (including phenoxy) is 1. The Morgan fingerprint density at radius 1 is 1.28 bits per heavy atom. The van der Waals surface area contributed by atoms with Gasteiger partial charge in [-0.15, -0.1) is 10.2 Å². The molecule has 2 aromatic rings. The number of amides is 2. The van der Waals surface area contributed by atoms with Crippen LogP contribution in [0, 0.1) is 0 Å². The Morgan fingerprint density at radius 3 is 2.79 bits per heavy atom. The molecular formula is C17H21N5O5S2. The smallest absolute Gasteiger partial charge is 0.291 e. The molecule has 156 valence electrons. The standard InChI is InChI=1S/C17H21N5O5S2/c1-2-14(23)19-16-20-21-17(28-16)29(25,26)22-13-8-4-3-7-12(13)15(24)18-10-11-6-5-9-27-11/h3-4,7-8,11,22H,2,5-6,9-10H2,1H3,(H,18,24)(H,19,20,23)/t11-/m0/s1. The minimum atomic E-state index is -4.08. The van der Waals surface area contributed by atoms with E-state index in [1.165, 1.54) is 12.1 Å². The van der Waals surface area contributed by atoms with Crippen molar-refractivity contribution in [1.82, 2.24) is 15.5 Å². The molecule has 3 N–H and O–H groups in total. The number of hydrogen-bond acceptors (Lipinski definition) is 8. The molecule has 1 aromatic heterocycles. The average molecular weight is 440 g/mol. The number of aromatic nitrogens is 2. The number of benzene rings is 1. The van der Waals surface area contributed by atoms with E-state index in [9.17, 15) is 18.0 Å². The maximum Gasteiger partial charge on any atom is 0.291 e. The van der Waals surface area contributed by atoms with Crippen LogP contribution in [0.5, 0.6) is 0 Å². The van der Waals surface area contributed by atoms with Crippen molar-refractivity contribution in [1.29, 1.82) is 0 Å². The Hall–Kier alpha value is -2.57. The highest BCUT2D eigenvalue weighted by Crippen LogP contribution is 2.24. The van der Waals surface area contributed by atoms with E-state index in [1.54, 1.807) is 19.1 Å². The van der Waals surface area contributed by atoms with Gasteiger partial charge in [0.05, 0.1) is 17.4 Å². The highest BCUT2D eigenvalue weighted by atomic mass is 32.2. The average Bonchev–Trinajstić information content (AvgIpc) is 3.38. The molecule has 2 amide bonds. The summed E-state index contributed by atoms with van der Waals surface area (Å²) in [5.74, 6) is -0.710. The third-order valence-electron chi connectivity index (χ3n) is 4.13. The van der Waals surface area contributed by atoms with Crippen molar-refractivity contribution in [3.63, 3.8) is 0 Å². The molecule has 0 bridgehead atoms. The first-order valence-corrected chi connectivity index (χ1v) is 11.3. The molecule has 1 aliphatic heterocycles. The Morgan fingerprint density at radius 2 is 2.07 bits per heavy atom. The zero-order valence-electron chi connectivity index (χ0n) is 15.7. The molecule has 1 fully saturated rings. The number of nitrogens with one attached hydrogen (secondary N) is 3. The van der Waals surface area contributed by atoms with Crippen LogP contribution in [0.3, 0.4) is 0 Å². The first-order chi connectivity index (χ1) is 13.9. The van der Waals surface area contributed by atoms with Crippen molar-refractivity contribution >= 4 is 44.0 Å². The highest BCUT2D eigenvalue weighted by molar-refractivity contribution is 7.94. The maximum absolute atomic E-state index is 12.6. The molecule has 0 spiro atoms. The Bertz CT molecular complexity index is 986. The predicted molar refractivity (Wildman–Crippen MR) is 107 cm³/mol. The van der Waals surface area contributed by atoms with Crippen molar-refractivity contribution in [2.75, 3.05) is 23.2 Å². The largest absolute Gasteiger partial charge is 0.376 e. The molecule has 1 atom stereocenters. The van der Waals surface area contributed by atoms with Gasteiger partial charge in [-0.3, -0.25) is 14.3 Å². The number of anilines is 2. The molecule has 0 unspecified atom stereocenters. The van der Waals surface area contributed by atoms with Gasteiger partial charge in [-0.05, 0) is 25.0 Å². The van der Waals surface area contributed by atoms with Crippen molar-refractivity contribution < 1.29 is 22.7 Å². The maximum atomic E-state index is 12.6. The second kappa shape index (κ2) is 9.29. The summed E-state index contributed by atoms with van der Waals surface area (Å²) in [4.78, 5) is 23.9. The summed E-state index contributed by atoms with van der Waals surface area (Å²) in [6.07, 6.45) is 2.04. The third kappa shape index (κ3) is 5.49. The zero-order chi connectivity index (χ0) is 20.9. The van der Waals surface area contributed by atoms with Gasteiger partial charge in [0.2, 0.25) is 11.0 Å². The quantitative estimate of drug-likeness (QED) is 0.531. The monoisotopic (exact) mass is 439 g/mol. The first-order valence-electron chi connectivity index (χ1n) is 9.04. The molecular weight excluding hydrogens is 418 g/mol. The van der Waals surface area contributed by atoms with Crippen LogP contribution in [-0.4, -0.2) is 49.7 Å². The molecule has 3 rings (SSSR count). The summed E-state index contributed by atoms with van der Waals surface area (Å²) in [5.41, 5.74) is 0.296. The number of nitrogens with zero attached hydrogens (tertiary/aromatic N) is 2. The Labute approximate surface area is 172 Å². The van der Waals surface area contributed by atoms with Gasteiger partial charge in [0.25, 0.3) is 20.3 Å². The molecule has 12 heteroatoms. The minimum Gasteiger partial charge on any atom is -0.376 e. The molecule has 0 saturated carbocycles. The molecule has 1 aliphatic rings. The molecule has 2 heterocycles. The summed E-state index contributed by atoms with van der Waals surface area (Å²) < 4.78 is 32.8. The van der Waals surface area contributed by atoms with Gasteiger partial charge in [-0.2, -0.15) is 8.42 Å². The van der Waals surface area contributed by atoms with Crippen LogP contribution in [0.1, 0.15) is 36.5 Å². The number of rotatable bonds is 8. The Kier molecular flexibility index (Phi) is 6.77. The van der Waals surface area contributed by atoms with Gasteiger partial charge < -0.3 is 15.4 Å². The molecule has 1 aromatic carbocycles. The fraction of sp³-hybridized carbons (Fsp3) is 0.412. The lowest BCUT2D eigenvalue weighted by molar-refractivity contribution is -0.115. The van der Waals surface area contributed by atoms with Crippen LogP contribution in [0.2, 0.25) is 0 Å². The van der Waals surface area contributed by atoms with E-state index in [0.717, 1.165) is 24.2 Å². The van der Waals surface area contributed by atoms with Crippen LogP contribution in [0.25, 0.3) is 0 Å². The lowest BCUT2D eigenvalue weighted by Gasteiger charge is -2.13. The van der Waals surface area contributed by atoms with Gasteiger partial charge in [0, 0.05) is 19.6 Å². The van der Waals surface area contributed by atoms with E-state index >= 15 is 0 Å². The van der Waals surface area contributed by atoms with E-state index in [0.29, 0.717) is 13.2 Å². The van der Waals surface area contributed by atoms with Crippen molar-refractivity contribution in [2.45, 2.75) is 36.6 Å². The van der Waals surface area contributed by atoms with Gasteiger partial charge in [-0.1, -0.05) is 30.4 Å². The van der Waals surface area contributed by atoms with Crippen molar-refractivity contribution in [2.24, 2.45) is 0 Å². The highest BCUT2D eigenvalue weighted by Gasteiger charge is 2.24. The molecule has 0 aliphatic carbocycles. The second-order valence-electron chi connectivity index (χ2n) is 6.27. The molecule has 10 nitrogen and oxygen atoms in total.